The molecule has 7 rings (SSSR count). The highest BCUT2D eigenvalue weighted by atomic mass is 19.4. The van der Waals surface area contributed by atoms with Crippen LogP contribution in [0.4, 0.5) is 35.1 Å². The first-order chi connectivity index (χ1) is 49.7. The molecular weight excluding hydrogens is 1400 g/mol. The molecule has 12 amide bonds. The molecule has 5 aliphatic rings. The summed E-state index contributed by atoms with van der Waals surface area (Å²) in [5, 5.41) is 8.20. The zero-order valence-corrected chi connectivity index (χ0v) is 62.2. The van der Waals surface area contributed by atoms with E-state index in [1.165, 1.54) is 59.1 Å². The topological polar surface area (TPSA) is 279 Å². The Kier molecular flexibility index (Phi) is 28.5. The maximum atomic E-state index is 15.4. The Balaban J connectivity index is 1.34. The summed E-state index contributed by atoms with van der Waals surface area (Å²) in [6, 6.07) is -7.29. The molecule has 0 unspecified atom stereocenters. The summed E-state index contributed by atoms with van der Waals surface area (Å²) in [6.07, 6.45) is -7.49. The number of nitrogens with one attached hydrogen (secondary N) is 3. The van der Waals surface area contributed by atoms with Crippen molar-refractivity contribution in [2.45, 2.75) is 203 Å². The largest absolute Gasteiger partial charge is 0.422 e. The lowest BCUT2D eigenvalue weighted by molar-refractivity contribution is -0.157. The molecule has 2 saturated heterocycles. The van der Waals surface area contributed by atoms with Crippen molar-refractivity contribution in [3.05, 3.63) is 82.4 Å². The number of amides is 12. The number of alkyl halides is 6. The molecule has 33 heteroatoms. The van der Waals surface area contributed by atoms with Crippen molar-refractivity contribution in [2.75, 3.05) is 89.2 Å². The van der Waals surface area contributed by atoms with Crippen molar-refractivity contribution in [2.24, 2.45) is 11.8 Å². The number of fused-ring (bicyclic) bond motifs is 3. The van der Waals surface area contributed by atoms with Crippen LogP contribution in [-0.2, 0) is 87.5 Å². The highest BCUT2D eigenvalue weighted by Crippen LogP contribution is 2.40. The van der Waals surface area contributed by atoms with E-state index in [0.717, 1.165) is 65.6 Å². The number of ether oxygens (including phenoxy) is 1. The molecule has 2 aromatic carbocycles. The molecule has 2 saturated carbocycles. The maximum absolute atomic E-state index is 15.4. The van der Waals surface area contributed by atoms with Gasteiger partial charge in [0.15, 0.2) is 0 Å². The quantitative estimate of drug-likeness (QED) is 0.184. The average molecular weight is 1510 g/mol. The third kappa shape index (κ3) is 19.7. The van der Waals surface area contributed by atoms with Crippen molar-refractivity contribution in [3.63, 3.8) is 0 Å². The SMILES string of the molecule is CCO[C@@H]1C[C@H]2C(=O)NC3(CCC3)C(=O)N(C)[C@@H](C3CCCC3)C(=O)N(C)[C@H](C(=O)N(C)C)CC(=O)N(C)[C@@H](CC)C(=O)N[C@@H]([C@@H](C)CC)C(=O)N(C)CC(=O)N(C)[C@H]3C/C=C\CCN(C3=O)[C@@H](Cc3ccc(C(F)(F)F)cc3)C(=O)N(C)CC(=O)N[C@H](CCc3cc(F)c(C(F)(F)F)c(F)c3)C(=O)N2C1. The minimum absolute atomic E-state index is 0.0161. The first kappa shape index (κ1) is 84.5. The molecule has 2 aromatic rings. The van der Waals surface area contributed by atoms with Gasteiger partial charge in [0.2, 0.25) is 70.9 Å². The van der Waals surface area contributed by atoms with Gasteiger partial charge >= 0.3 is 12.4 Å². The molecule has 586 valence electrons. The van der Waals surface area contributed by atoms with Gasteiger partial charge in [0.25, 0.3) is 0 Å². The Morgan fingerprint density at radius 1 is 0.670 bits per heavy atom. The van der Waals surface area contributed by atoms with E-state index in [4.69, 9.17) is 4.74 Å². The Labute approximate surface area is 612 Å². The molecule has 4 fully saturated rings. The van der Waals surface area contributed by atoms with E-state index in [1.807, 2.05) is 0 Å². The molecule has 0 radical (unpaired) electrons. The summed E-state index contributed by atoms with van der Waals surface area (Å²) in [5.74, 6) is -15.2. The summed E-state index contributed by atoms with van der Waals surface area (Å²) in [5.41, 5.74) is -5.25. The highest BCUT2D eigenvalue weighted by Gasteiger charge is 2.54. The fraction of sp³-hybridized carbons (Fsp3) is 0.644. The van der Waals surface area contributed by atoms with Gasteiger partial charge < -0.3 is 64.8 Å². The van der Waals surface area contributed by atoms with Crippen molar-refractivity contribution in [3.8, 4) is 0 Å². The number of carbonyl (C=O) groups is 12. The van der Waals surface area contributed by atoms with Crippen molar-refractivity contribution < 1.29 is 97.4 Å². The number of hydrogen-bond donors (Lipinski definition) is 3. The van der Waals surface area contributed by atoms with Gasteiger partial charge in [0, 0.05) is 88.9 Å². The van der Waals surface area contributed by atoms with Crippen LogP contribution >= 0.6 is 0 Å². The number of aryl methyl sites for hydroxylation is 1. The fourth-order valence-corrected chi connectivity index (χ4v) is 14.8. The number of halogens is 8. The maximum Gasteiger partial charge on any atom is 0.422 e. The van der Waals surface area contributed by atoms with Crippen LogP contribution in [0.3, 0.4) is 0 Å². The Morgan fingerprint density at radius 2 is 1.29 bits per heavy atom. The van der Waals surface area contributed by atoms with Crippen molar-refractivity contribution >= 4 is 70.9 Å². The van der Waals surface area contributed by atoms with E-state index >= 15 is 37.5 Å². The van der Waals surface area contributed by atoms with Crippen molar-refractivity contribution in [1.82, 2.24) is 60.0 Å². The zero-order valence-electron chi connectivity index (χ0n) is 62.2. The molecule has 3 heterocycles. The van der Waals surface area contributed by atoms with Crippen LogP contribution < -0.4 is 16.0 Å². The van der Waals surface area contributed by atoms with Crippen LogP contribution in [0.2, 0.25) is 0 Å². The lowest BCUT2D eigenvalue weighted by atomic mass is 9.74. The molecule has 10 atom stereocenters. The minimum atomic E-state index is -5.46. The molecule has 3 aliphatic heterocycles. The van der Waals surface area contributed by atoms with Crippen molar-refractivity contribution in [1.29, 1.82) is 0 Å². The van der Waals surface area contributed by atoms with Gasteiger partial charge in [-0.25, -0.2) is 8.78 Å². The molecule has 0 aromatic heterocycles. The number of benzene rings is 2. The third-order valence-electron chi connectivity index (χ3n) is 21.4. The molecule has 2 bridgehead atoms. The summed E-state index contributed by atoms with van der Waals surface area (Å²) >= 11 is 0. The Morgan fingerprint density at radius 3 is 1.85 bits per heavy atom. The van der Waals surface area contributed by atoms with Crippen LogP contribution in [0.5, 0.6) is 0 Å². The van der Waals surface area contributed by atoms with Crippen LogP contribution in [0, 0.1) is 23.5 Å². The molecule has 25 nitrogen and oxygen atoms in total. The van der Waals surface area contributed by atoms with Gasteiger partial charge in [0.05, 0.1) is 31.2 Å². The van der Waals surface area contributed by atoms with E-state index in [1.54, 1.807) is 39.8 Å². The first-order valence-corrected chi connectivity index (χ1v) is 36.0. The minimum Gasteiger partial charge on any atom is -0.377 e. The van der Waals surface area contributed by atoms with Crippen LogP contribution in [0.15, 0.2) is 48.6 Å². The Bertz CT molecular complexity index is 3580. The monoisotopic (exact) mass is 1500 g/mol. The number of nitrogens with zero attached hydrogens (tertiary/aromatic N) is 9. The number of rotatable bonds is 12. The predicted molar refractivity (Wildman–Crippen MR) is 369 cm³/mol. The van der Waals surface area contributed by atoms with E-state index in [-0.39, 0.29) is 63.8 Å². The third-order valence-corrected chi connectivity index (χ3v) is 21.4. The number of likely N-dealkylation sites (N-methyl/N-ethyl adjacent to an activating group) is 7. The van der Waals surface area contributed by atoms with Crippen LogP contribution in [0.25, 0.3) is 0 Å². The lowest BCUT2D eigenvalue weighted by Gasteiger charge is -2.46. The van der Waals surface area contributed by atoms with Gasteiger partial charge in [-0.1, -0.05) is 64.3 Å². The fourth-order valence-electron chi connectivity index (χ4n) is 14.8. The smallest absolute Gasteiger partial charge is 0.377 e. The normalized spacial score (nSPS) is 26.3. The molecule has 1 spiro atoms. The standard InChI is InChI=1S/C73H100F8N12O13/c1-13-42(4)60-68(103)87(8)41-58(96)89(10)52-24-17-16-20-33-92(67(52)102)55(36-43-25-28-46(29-26-43)72(76,77)78)66(101)86(7)40-56(94)82-50(30-27-44-34-48(74)59(49(75)35-44)73(79,80)81)64(99)93-39-47(106-15-3)37-53(93)63(98)84-71(31-21-32-71)70(105)91(12)61(45-22-18-19-23-45)69(104)90(11)54(65(100)85(5)6)38-57(95)88(9)51(14-2)62(97)83-60/h16-17,25-26,28-29,34-35,42,45,47,50-55,60-61H,13-15,18-24,27,30-33,36-41H2,1-12H3,(H,82,94)(H,83,97)(H,84,98)/b17-16-/t42-,47+,50+,51-,52-,53-,54-,55-,60-,61-/m0/s1. The average Bonchev–Trinajstić information content (AvgIpc) is 1.21. The van der Waals surface area contributed by atoms with Crippen LogP contribution in [0.1, 0.15) is 140 Å². The molecule has 2 aliphatic carbocycles. The van der Waals surface area contributed by atoms with E-state index < -0.39 is 222 Å². The van der Waals surface area contributed by atoms with Gasteiger partial charge in [-0.3, -0.25) is 57.5 Å². The van der Waals surface area contributed by atoms with Crippen LogP contribution in [-0.4, -0.2) is 264 Å². The number of hydrogen-bond acceptors (Lipinski definition) is 13. The van der Waals surface area contributed by atoms with E-state index in [2.05, 4.69) is 16.0 Å². The second kappa shape index (κ2) is 35.7. The summed E-state index contributed by atoms with van der Waals surface area (Å²) in [6.45, 7) is 4.51. The van der Waals surface area contributed by atoms with Gasteiger partial charge in [-0.15, -0.1) is 0 Å². The lowest BCUT2D eigenvalue weighted by Crippen LogP contribution is -2.68. The first-order valence-electron chi connectivity index (χ1n) is 36.0. The predicted octanol–water partition coefficient (Wildman–Crippen LogP) is 5.10. The summed E-state index contributed by atoms with van der Waals surface area (Å²) in [4.78, 5) is 189. The molecule has 3 N–H and O–H groups in total. The zero-order chi connectivity index (χ0) is 78.8. The van der Waals surface area contributed by atoms with E-state index in [0.29, 0.717) is 50.7 Å². The summed E-state index contributed by atoms with van der Waals surface area (Å²) in [7, 11) is 10.6. The molecular formula is C73H100F8N12O13. The van der Waals surface area contributed by atoms with E-state index in [9.17, 15) is 55.1 Å². The Hall–Kier alpha value is -8.78. The second-order valence-corrected chi connectivity index (χ2v) is 28.8. The second-order valence-electron chi connectivity index (χ2n) is 28.8. The number of carbonyl (C=O) groups excluding carboxylic acids is 12. The van der Waals surface area contributed by atoms with Gasteiger partial charge in [-0.05, 0) is 118 Å². The van der Waals surface area contributed by atoms with Gasteiger partial charge in [-0.2, -0.15) is 26.3 Å². The molecule has 106 heavy (non-hydrogen) atoms. The summed E-state index contributed by atoms with van der Waals surface area (Å²) < 4.78 is 120. The highest BCUT2D eigenvalue weighted by molar-refractivity contribution is 6.01. The van der Waals surface area contributed by atoms with Gasteiger partial charge in [0.1, 0.15) is 71.1 Å².